The van der Waals surface area contributed by atoms with E-state index in [0.717, 1.165) is 24.8 Å². The summed E-state index contributed by atoms with van der Waals surface area (Å²) in [4.78, 5) is 25.4. The molecule has 2 atom stereocenters. The summed E-state index contributed by atoms with van der Waals surface area (Å²) in [5.41, 5.74) is 0.842. The number of aliphatic carboxylic acids is 1. The van der Waals surface area contributed by atoms with Gasteiger partial charge in [0.1, 0.15) is 11.9 Å². The molecule has 0 unspecified atom stereocenters. The number of rotatable bonds is 8. The van der Waals surface area contributed by atoms with Gasteiger partial charge in [-0.1, -0.05) is 31.9 Å². The van der Waals surface area contributed by atoms with Crippen LogP contribution in [0.2, 0.25) is 0 Å². The van der Waals surface area contributed by atoms with E-state index < -0.39 is 18.2 Å². The maximum Gasteiger partial charge on any atom is 0.332 e. The van der Waals surface area contributed by atoms with Crippen LogP contribution in [0.25, 0.3) is 0 Å². The van der Waals surface area contributed by atoms with Gasteiger partial charge < -0.3 is 14.7 Å². The highest BCUT2D eigenvalue weighted by Crippen LogP contribution is 2.23. The summed E-state index contributed by atoms with van der Waals surface area (Å²) in [6.07, 6.45) is 2.10. The predicted octanol–water partition coefficient (Wildman–Crippen LogP) is 2.98. The highest BCUT2D eigenvalue weighted by Gasteiger charge is 2.36. The zero-order valence-electron chi connectivity index (χ0n) is 13.9. The molecule has 1 fully saturated rings. The summed E-state index contributed by atoms with van der Waals surface area (Å²) >= 11 is 0. The molecule has 1 aromatic rings. The molecule has 0 radical (unpaired) electrons. The molecule has 1 heterocycles. The van der Waals surface area contributed by atoms with Crippen molar-refractivity contribution >= 4 is 11.9 Å². The van der Waals surface area contributed by atoms with Crippen LogP contribution in [-0.4, -0.2) is 40.6 Å². The second kappa shape index (κ2) is 8.78. The molecule has 0 aliphatic carbocycles. The van der Waals surface area contributed by atoms with Crippen molar-refractivity contribution in [2.45, 2.75) is 57.8 Å². The lowest BCUT2D eigenvalue weighted by atomic mass is 10.1. The number of unbranched alkanes of at least 4 members (excludes halogenated alkanes) is 2. The van der Waals surface area contributed by atoms with Gasteiger partial charge in [0, 0.05) is 13.1 Å². The number of carboxylic acids is 1. The van der Waals surface area contributed by atoms with Gasteiger partial charge in [-0.2, -0.15) is 0 Å². The molecule has 5 nitrogen and oxygen atoms in total. The largest absolute Gasteiger partial charge is 0.479 e. The Labute approximate surface area is 141 Å². The first-order valence-electron chi connectivity index (χ1n) is 8.42. The second-order valence-electron chi connectivity index (χ2n) is 6.12. The van der Waals surface area contributed by atoms with Crippen LogP contribution in [0, 0.1) is 5.82 Å². The van der Waals surface area contributed by atoms with Crippen molar-refractivity contribution < 1.29 is 23.8 Å². The third-order valence-electron chi connectivity index (χ3n) is 4.20. The Morgan fingerprint density at radius 2 is 1.88 bits per heavy atom. The Morgan fingerprint density at radius 1 is 1.21 bits per heavy atom. The minimum Gasteiger partial charge on any atom is -0.479 e. The number of carbonyl (C=O) groups is 2. The lowest BCUT2D eigenvalue weighted by Crippen LogP contribution is -2.40. The van der Waals surface area contributed by atoms with Gasteiger partial charge in [-0.3, -0.25) is 4.79 Å². The quantitative estimate of drug-likeness (QED) is 0.741. The van der Waals surface area contributed by atoms with Crippen LogP contribution < -0.4 is 0 Å². The van der Waals surface area contributed by atoms with E-state index in [9.17, 15) is 14.0 Å². The number of nitrogens with zero attached hydrogens (tertiary/aromatic N) is 1. The lowest BCUT2D eigenvalue weighted by molar-refractivity contribution is -0.155. The summed E-state index contributed by atoms with van der Waals surface area (Å²) in [7, 11) is 0. The Kier molecular flexibility index (Phi) is 6.73. The Bertz CT molecular complexity index is 561. The van der Waals surface area contributed by atoms with E-state index in [-0.39, 0.29) is 11.7 Å². The second-order valence-corrected chi connectivity index (χ2v) is 6.12. The zero-order valence-corrected chi connectivity index (χ0v) is 13.9. The van der Waals surface area contributed by atoms with E-state index >= 15 is 0 Å². The number of benzene rings is 1. The zero-order chi connectivity index (χ0) is 17.5. The van der Waals surface area contributed by atoms with Gasteiger partial charge in [-0.25, -0.2) is 9.18 Å². The van der Waals surface area contributed by atoms with Crippen LogP contribution in [0.15, 0.2) is 24.3 Å². The van der Waals surface area contributed by atoms with E-state index in [1.54, 1.807) is 17.0 Å². The summed E-state index contributed by atoms with van der Waals surface area (Å²) in [6.45, 7) is 3.05. The standard InChI is InChI=1S/C18H24FNO4/c1-2-3-4-11-20(12-13-5-7-14(19)8-6-13)17(21)15-9-10-16(24-15)18(22)23/h5-8,15-16H,2-4,9-12H2,1H3,(H,22,23)/t15-,16+/m0/s1. The third-order valence-corrected chi connectivity index (χ3v) is 4.20. The maximum atomic E-state index is 13.0. The van der Waals surface area contributed by atoms with Gasteiger partial charge in [-0.05, 0) is 37.0 Å². The first-order valence-corrected chi connectivity index (χ1v) is 8.42. The normalized spacial score (nSPS) is 20.1. The molecule has 1 amide bonds. The molecule has 0 spiro atoms. The molecule has 0 aromatic heterocycles. The van der Waals surface area contributed by atoms with E-state index in [1.807, 2.05) is 0 Å². The van der Waals surface area contributed by atoms with E-state index in [0.29, 0.717) is 25.9 Å². The molecule has 1 saturated heterocycles. The molecule has 1 aromatic carbocycles. The van der Waals surface area contributed by atoms with Crippen molar-refractivity contribution in [1.29, 1.82) is 0 Å². The first kappa shape index (κ1) is 18.4. The van der Waals surface area contributed by atoms with Gasteiger partial charge in [0.25, 0.3) is 5.91 Å². The molecule has 24 heavy (non-hydrogen) atoms. The molecule has 0 bridgehead atoms. The smallest absolute Gasteiger partial charge is 0.332 e. The highest BCUT2D eigenvalue weighted by atomic mass is 19.1. The predicted molar refractivity (Wildman–Crippen MR) is 86.9 cm³/mol. The van der Waals surface area contributed by atoms with Crippen LogP contribution in [0.3, 0.4) is 0 Å². The maximum absolute atomic E-state index is 13.0. The lowest BCUT2D eigenvalue weighted by Gasteiger charge is -2.25. The highest BCUT2D eigenvalue weighted by molar-refractivity contribution is 5.82. The third kappa shape index (κ3) is 5.03. The summed E-state index contributed by atoms with van der Waals surface area (Å²) < 4.78 is 18.4. The molecular formula is C18H24FNO4. The topological polar surface area (TPSA) is 66.8 Å². The Hall–Kier alpha value is -1.95. The van der Waals surface area contributed by atoms with Gasteiger partial charge in [-0.15, -0.1) is 0 Å². The fourth-order valence-electron chi connectivity index (χ4n) is 2.83. The minimum atomic E-state index is -1.03. The van der Waals surface area contributed by atoms with Crippen molar-refractivity contribution in [2.24, 2.45) is 0 Å². The van der Waals surface area contributed by atoms with E-state index in [1.165, 1.54) is 12.1 Å². The van der Waals surface area contributed by atoms with Crippen LogP contribution >= 0.6 is 0 Å². The van der Waals surface area contributed by atoms with Gasteiger partial charge in [0.2, 0.25) is 0 Å². The number of carbonyl (C=O) groups excluding carboxylic acids is 1. The number of hydrogen-bond donors (Lipinski definition) is 1. The van der Waals surface area contributed by atoms with Crippen molar-refractivity contribution in [3.05, 3.63) is 35.6 Å². The molecule has 6 heteroatoms. The van der Waals surface area contributed by atoms with Gasteiger partial charge >= 0.3 is 5.97 Å². The monoisotopic (exact) mass is 337 g/mol. The number of hydrogen-bond acceptors (Lipinski definition) is 3. The summed E-state index contributed by atoms with van der Waals surface area (Å²) in [5, 5.41) is 9.00. The SMILES string of the molecule is CCCCCN(Cc1ccc(F)cc1)C(=O)[C@@H]1CC[C@H](C(=O)O)O1. The van der Waals surface area contributed by atoms with Gasteiger partial charge in [0.05, 0.1) is 0 Å². The van der Waals surface area contributed by atoms with Crippen LogP contribution in [-0.2, 0) is 20.9 Å². The van der Waals surface area contributed by atoms with Crippen LogP contribution in [0.1, 0.15) is 44.6 Å². The summed E-state index contributed by atoms with van der Waals surface area (Å²) in [6, 6.07) is 6.06. The summed E-state index contributed by atoms with van der Waals surface area (Å²) in [5.74, 6) is -1.52. The molecule has 1 aliphatic heterocycles. The van der Waals surface area contributed by atoms with Crippen molar-refractivity contribution in [3.8, 4) is 0 Å². The van der Waals surface area contributed by atoms with Crippen molar-refractivity contribution in [3.63, 3.8) is 0 Å². The van der Waals surface area contributed by atoms with Crippen LogP contribution in [0.4, 0.5) is 4.39 Å². The average Bonchev–Trinajstić information content (AvgIpc) is 3.05. The van der Waals surface area contributed by atoms with Crippen LogP contribution in [0.5, 0.6) is 0 Å². The van der Waals surface area contributed by atoms with Gasteiger partial charge in [0.15, 0.2) is 6.10 Å². The molecule has 1 aliphatic rings. The Balaban J connectivity index is 2.02. The molecule has 2 rings (SSSR count). The molecule has 1 N–H and O–H groups in total. The van der Waals surface area contributed by atoms with E-state index in [4.69, 9.17) is 9.84 Å². The number of carboxylic acid groups (broad SMARTS) is 1. The van der Waals surface area contributed by atoms with Crippen molar-refractivity contribution in [1.82, 2.24) is 4.90 Å². The molecule has 0 saturated carbocycles. The molecular weight excluding hydrogens is 313 g/mol. The van der Waals surface area contributed by atoms with Crippen molar-refractivity contribution in [2.75, 3.05) is 6.54 Å². The minimum absolute atomic E-state index is 0.181. The Morgan fingerprint density at radius 3 is 2.46 bits per heavy atom. The fourth-order valence-corrected chi connectivity index (χ4v) is 2.83. The van der Waals surface area contributed by atoms with E-state index in [2.05, 4.69) is 6.92 Å². The molecule has 132 valence electrons. The first-order chi connectivity index (χ1) is 11.5. The average molecular weight is 337 g/mol. The number of amides is 1. The fraction of sp³-hybridized carbons (Fsp3) is 0.556. The number of halogens is 1. The number of ether oxygens (including phenoxy) is 1.